The lowest BCUT2D eigenvalue weighted by atomic mass is 9.80. The largest absolute Gasteiger partial charge is 0.369 e. The topological polar surface area (TPSA) is 62.3 Å². The zero-order chi connectivity index (χ0) is 15.7. The van der Waals surface area contributed by atoms with Gasteiger partial charge in [0.05, 0.1) is 0 Å². The van der Waals surface area contributed by atoms with Crippen molar-refractivity contribution in [2.45, 2.75) is 39.0 Å². The first-order chi connectivity index (χ1) is 9.76. The van der Waals surface area contributed by atoms with E-state index in [-0.39, 0.29) is 10.3 Å². The van der Waals surface area contributed by atoms with Gasteiger partial charge in [0.15, 0.2) is 0 Å². The van der Waals surface area contributed by atoms with Crippen LogP contribution in [0.15, 0.2) is 23.2 Å². The molecule has 21 heavy (non-hydrogen) atoms. The summed E-state index contributed by atoms with van der Waals surface area (Å²) in [6.07, 6.45) is 2.53. The molecule has 0 radical (unpaired) electrons. The van der Waals surface area contributed by atoms with Crippen LogP contribution in [0.3, 0.4) is 0 Å². The van der Waals surface area contributed by atoms with Crippen molar-refractivity contribution in [1.29, 1.82) is 0 Å². The number of sulfonamides is 1. The molecule has 5 nitrogen and oxygen atoms in total. The molecule has 1 aliphatic rings. The van der Waals surface area contributed by atoms with Gasteiger partial charge < -0.3 is 5.32 Å². The molecule has 6 heteroatoms. The van der Waals surface area contributed by atoms with Gasteiger partial charge in [-0.1, -0.05) is 20.8 Å². The number of nitrogens with one attached hydrogen (secondary N) is 1. The van der Waals surface area contributed by atoms with Crippen LogP contribution in [0.25, 0.3) is 0 Å². The molecule has 1 atom stereocenters. The molecule has 0 aromatic carbocycles. The molecular formula is C15H25N3O2S. The minimum Gasteiger partial charge on any atom is -0.369 e. The molecule has 1 fully saturated rings. The fraction of sp³-hybridized carbons (Fsp3) is 0.667. The molecule has 1 saturated heterocycles. The maximum Gasteiger partial charge on any atom is 0.246 e. The van der Waals surface area contributed by atoms with Crippen molar-refractivity contribution < 1.29 is 8.42 Å². The molecule has 118 valence electrons. The predicted molar refractivity (Wildman–Crippen MR) is 84.7 cm³/mol. The lowest BCUT2D eigenvalue weighted by Gasteiger charge is -2.27. The van der Waals surface area contributed by atoms with Crippen molar-refractivity contribution >= 4 is 15.8 Å². The first-order valence-corrected chi connectivity index (χ1v) is 8.90. The third kappa shape index (κ3) is 3.37. The number of rotatable bonds is 4. The first kappa shape index (κ1) is 16.2. The second-order valence-corrected chi connectivity index (χ2v) is 8.50. The molecule has 2 rings (SSSR count). The molecule has 0 saturated carbocycles. The van der Waals surface area contributed by atoms with Crippen molar-refractivity contribution in [3.8, 4) is 0 Å². The van der Waals surface area contributed by atoms with E-state index in [1.54, 1.807) is 22.6 Å². The Morgan fingerprint density at radius 3 is 2.71 bits per heavy atom. The minimum atomic E-state index is -3.48. The van der Waals surface area contributed by atoms with Crippen LogP contribution in [-0.4, -0.2) is 37.3 Å². The molecule has 1 aromatic heterocycles. The fourth-order valence-corrected chi connectivity index (χ4v) is 4.31. The Balaban J connectivity index is 2.28. The van der Waals surface area contributed by atoms with E-state index < -0.39 is 10.0 Å². The van der Waals surface area contributed by atoms with Gasteiger partial charge in [-0.05, 0) is 36.8 Å². The summed E-state index contributed by atoms with van der Waals surface area (Å²) in [5.41, 5.74) is 0.129. The lowest BCUT2D eigenvalue weighted by Crippen LogP contribution is -2.31. The molecule has 1 aliphatic heterocycles. The highest BCUT2D eigenvalue weighted by Crippen LogP contribution is 2.36. The summed E-state index contributed by atoms with van der Waals surface area (Å²) in [6, 6.07) is 3.30. The average Bonchev–Trinajstić information content (AvgIpc) is 2.90. The summed E-state index contributed by atoms with van der Waals surface area (Å²) in [5.74, 6) is 0.839. The quantitative estimate of drug-likeness (QED) is 0.928. The van der Waals surface area contributed by atoms with Gasteiger partial charge in [0.1, 0.15) is 10.7 Å². The number of hydrogen-bond donors (Lipinski definition) is 1. The van der Waals surface area contributed by atoms with E-state index in [4.69, 9.17) is 0 Å². The van der Waals surface area contributed by atoms with Gasteiger partial charge >= 0.3 is 0 Å². The highest BCUT2D eigenvalue weighted by atomic mass is 32.2. The van der Waals surface area contributed by atoms with E-state index in [1.165, 1.54) is 0 Å². The summed E-state index contributed by atoms with van der Waals surface area (Å²) < 4.78 is 27.3. The molecule has 1 aromatic rings. The van der Waals surface area contributed by atoms with Gasteiger partial charge in [-0.15, -0.1) is 0 Å². The Bertz CT molecular complexity index is 593. The van der Waals surface area contributed by atoms with Crippen LogP contribution < -0.4 is 5.32 Å². The second-order valence-electron chi connectivity index (χ2n) is 6.60. The Kier molecular flexibility index (Phi) is 4.58. The molecule has 0 aliphatic carbocycles. The maximum absolute atomic E-state index is 12.8. The number of pyridine rings is 1. The molecule has 0 amide bonds. The van der Waals surface area contributed by atoms with Crippen LogP contribution in [0.4, 0.5) is 5.82 Å². The number of aromatic nitrogens is 1. The van der Waals surface area contributed by atoms with Crippen molar-refractivity contribution in [2.75, 3.05) is 25.0 Å². The van der Waals surface area contributed by atoms with Gasteiger partial charge in [0.25, 0.3) is 0 Å². The van der Waals surface area contributed by atoms with Crippen molar-refractivity contribution in [3.63, 3.8) is 0 Å². The Morgan fingerprint density at radius 2 is 2.14 bits per heavy atom. The molecule has 0 spiro atoms. The highest BCUT2D eigenvalue weighted by molar-refractivity contribution is 7.89. The summed E-state index contributed by atoms with van der Waals surface area (Å²) in [6.45, 7) is 10.3. The van der Waals surface area contributed by atoms with Crippen LogP contribution in [0, 0.1) is 11.3 Å². The zero-order valence-electron chi connectivity index (χ0n) is 13.3. The van der Waals surface area contributed by atoms with Crippen LogP contribution in [0.1, 0.15) is 34.1 Å². The first-order valence-electron chi connectivity index (χ1n) is 7.46. The van der Waals surface area contributed by atoms with E-state index >= 15 is 0 Å². The van der Waals surface area contributed by atoms with Gasteiger partial charge in [-0.25, -0.2) is 13.4 Å². The molecule has 0 bridgehead atoms. The monoisotopic (exact) mass is 311 g/mol. The van der Waals surface area contributed by atoms with E-state index in [2.05, 4.69) is 31.1 Å². The van der Waals surface area contributed by atoms with E-state index in [0.29, 0.717) is 31.4 Å². The third-order valence-corrected chi connectivity index (χ3v) is 6.01. The predicted octanol–water partition coefficient (Wildman–Crippen LogP) is 2.57. The van der Waals surface area contributed by atoms with E-state index in [9.17, 15) is 8.42 Å². The maximum atomic E-state index is 12.8. The summed E-state index contributed by atoms with van der Waals surface area (Å²) in [4.78, 5) is 4.44. The number of hydrogen-bond acceptors (Lipinski definition) is 4. The Morgan fingerprint density at radius 1 is 1.43 bits per heavy atom. The fourth-order valence-electron chi connectivity index (χ4n) is 2.69. The standard InChI is InChI=1S/C15H25N3O2S/c1-5-16-14-13(7-6-9-17-14)21(19,20)18-10-8-12(11-18)15(2,3)4/h6-7,9,12H,5,8,10-11H2,1-4H3,(H,16,17). The lowest BCUT2D eigenvalue weighted by molar-refractivity contribution is 0.252. The minimum absolute atomic E-state index is 0.129. The molecule has 1 N–H and O–H groups in total. The van der Waals surface area contributed by atoms with Crippen molar-refractivity contribution in [3.05, 3.63) is 18.3 Å². The van der Waals surface area contributed by atoms with Gasteiger partial charge in [0.2, 0.25) is 10.0 Å². The summed E-state index contributed by atoms with van der Waals surface area (Å²) in [7, 11) is -3.48. The molecule has 2 heterocycles. The van der Waals surface area contributed by atoms with E-state index in [1.807, 2.05) is 6.92 Å². The normalized spacial score (nSPS) is 20.7. The number of anilines is 1. The van der Waals surface area contributed by atoms with Gasteiger partial charge in [0, 0.05) is 25.8 Å². The van der Waals surface area contributed by atoms with E-state index in [0.717, 1.165) is 6.42 Å². The molecule has 1 unspecified atom stereocenters. The SMILES string of the molecule is CCNc1ncccc1S(=O)(=O)N1CCC(C(C)(C)C)C1. The van der Waals surface area contributed by atoms with Crippen molar-refractivity contribution in [1.82, 2.24) is 9.29 Å². The number of nitrogens with zero attached hydrogens (tertiary/aromatic N) is 2. The molecular weight excluding hydrogens is 286 g/mol. The average molecular weight is 311 g/mol. The second kappa shape index (κ2) is 5.93. The Labute approximate surface area is 127 Å². The van der Waals surface area contributed by atoms with Crippen LogP contribution in [0.5, 0.6) is 0 Å². The smallest absolute Gasteiger partial charge is 0.246 e. The summed E-state index contributed by atoms with van der Waals surface area (Å²) >= 11 is 0. The van der Waals surface area contributed by atoms with Gasteiger partial charge in [-0.2, -0.15) is 4.31 Å². The van der Waals surface area contributed by atoms with Gasteiger partial charge in [-0.3, -0.25) is 0 Å². The van der Waals surface area contributed by atoms with Crippen LogP contribution in [-0.2, 0) is 10.0 Å². The Hall–Kier alpha value is -1.14. The third-order valence-electron chi connectivity index (χ3n) is 4.11. The van der Waals surface area contributed by atoms with Crippen LogP contribution >= 0.6 is 0 Å². The van der Waals surface area contributed by atoms with Crippen LogP contribution in [0.2, 0.25) is 0 Å². The zero-order valence-corrected chi connectivity index (χ0v) is 14.1. The summed E-state index contributed by atoms with van der Waals surface area (Å²) in [5, 5.41) is 3.03. The highest BCUT2D eigenvalue weighted by Gasteiger charge is 2.38. The van der Waals surface area contributed by atoms with Crippen molar-refractivity contribution in [2.24, 2.45) is 11.3 Å².